The van der Waals surface area contributed by atoms with E-state index in [-0.39, 0.29) is 17.7 Å². The number of carbonyl (C=O) groups is 2. The summed E-state index contributed by atoms with van der Waals surface area (Å²) >= 11 is 0. The summed E-state index contributed by atoms with van der Waals surface area (Å²) in [6, 6.07) is 7.60. The van der Waals surface area contributed by atoms with Crippen molar-refractivity contribution in [2.75, 3.05) is 6.61 Å². The van der Waals surface area contributed by atoms with E-state index in [0.29, 0.717) is 32.4 Å². The summed E-state index contributed by atoms with van der Waals surface area (Å²) in [5.41, 5.74) is 0.974. The number of hydrogen-bond acceptors (Lipinski definition) is 3. The highest BCUT2D eigenvalue weighted by Gasteiger charge is 2.33. The molecule has 2 atom stereocenters. The van der Waals surface area contributed by atoms with Crippen LogP contribution in [0.2, 0.25) is 0 Å². The molecule has 0 spiro atoms. The Morgan fingerprint density at radius 1 is 1.33 bits per heavy atom. The largest absolute Gasteiger partial charge is 0.494 e. The normalized spacial score (nSPS) is 21.0. The van der Waals surface area contributed by atoms with Crippen molar-refractivity contribution in [1.29, 1.82) is 0 Å². The number of carboxylic acid groups (broad SMARTS) is 1. The summed E-state index contributed by atoms with van der Waals surface area (Å²) in [5.74, 6) is -0.616. The minimum absolute atomic E-state index is 0.0550. The molecule has 21 heavy (non-hydrogen) atoms. The van der Waals surface area contributed by atoms with E-state index in [1.807, 2.05) is 31.2 Å². The van der Waals surface area contributed by atoms with Gasteiger partial charge in [-0.1, -0.05) is 12.1 Å². The van der Waals surface area contributed by atoms with Crippen molar-refractivity contribution in [1.82, 2.24) is 5.32 Å². The van der Waals surface area contributed by atoms with Gasteiger partial charge in [0.2, 0.25) is 5.91 Å². The lowest BCUT2D eigenvalue weighted by Crippen LogP contribution is -2.29. The fourth-order valence-corrected chi connectivity index (χ4v) is 2.69. The fourth-order valence-electron chi connectivity index (χ4n) is 2.69. The molecule has 0 aliphatic heterocycles. The minimum atomic E-state index is -0.797. The minimum Gasteiger partial charge on any atom is -0.494 e. The average molecular weight is 291 g/mol. The summed E-state index contributed by atoms with van der Waals surface area (Å²) in [6.07, 6.45) is 1.69. The van der Waals surface area contributed by atoms with Gasteiger partial charge in [-0.2, -0.15) is 0 Å². The number of nitrogens with one attached hydrogen (secondary N) is 1. The number of benzene rings is 1. The van der Waals surface area contributed by atoms with Crippen molar-refractivity contribution in [3.05, 3.63) is 29.8 Å². The van der Waals surface area contributed by atoms with Crippen LogP contribution in [0.3, 0.4) is 0 Å². The molecule has 1 saturated carbocycles. The predicted octanol–water partition coefficient (Wildman–Crippen LogP) is 2.20. The van der Waals surface area contributed by atoms with E-state index in [2.05, 4.69) is 5.32 Å². The molecule has 0 bridgehead atoms. The average Bonchev–Trinajstić information content (AvgIpc) is 2.96. The summed E-state index contributed by atoms with van der Waals surface area (Å²) in [7, 11) is 0. The summed E-state index contributed by atoms with van der Waals surface area (Å²) < 4.78 is 5.42. The molecule has 0 saturated heterocycles. The first-order valence-corrected chi connectivity index (χ1v) is 7.32. The van der Waals surface area contributed by atoms with Crippen molar-refractivity contribution in [2.24, 2.45) is 11.8 Å². The van der Waals surface area contributed by atoms with Crippen molar-refractivity contribution < 1.29 is 19.4 Å². The molecule has 0 aromatic heterocycles. The smallest absolute Gasteiger partial charge is 0.306 e. The van der Waals surface area contributed by atoms with Crippen LogP contribution in [0.25, 0.3) is 0 Å². The van der Waals surface area contributed by atoms with E-state index >= 15 is 0 Å². The van der Waals surface area contributed by atoms with Crippen LogP contribution >= 0.6 is 0 Å². The van der Waals surface area contributed by atoms with Gasteiger partial charge in [0.15, 0.2) is 0 Å². The molecular formula is C16H21NO4. The molecule has 0 heterocycles. The number of rotatable bonds is 6. The summed E-state index contributed by atoms with van der Waals surface area (Å²) in [4.78, 5) is 23.0. The number of hydrogen-bond donors (Lipinski definition) is 2. The Kier molecular flexibility index (Phi) is 5.20. The highest BCUT2D eigenvalue weighted by Crippen LogP contribution is 2.31. The van der Waals surface area contributed by atoms with E-state index in [1.165, 1.54) is 0 Å². The maximum absolute atomic E-state index is 12.1. The standard InChI is InChI=1S/C16H21NO4/c1-2-21-14-5-3-4-11(8-14)10-17-15(18)12-6-7-13(9-12)16(19)20/h3-5,8,12-13H,2,6-7,9-10H2,1H3,(H,17,18)(H,19,20). The van der Waals surface area contributed by atoms with Crippen molar-refractivity contribution >= 4 is 11.9 Å². The van der Waals surface area contributed by atoms with E-state index in [9.17, 15) is 9.59 Å². The molecule has 2 rings (SSSR count). The summed E-state index contributed by atoms with van der Waals surface area (Å²) in [5, 5.41) is 11.8. The molecule has 2 N–H and O–H groups in total. The molecule has 1 aliphatic carbocycles. The molecule has 1 aromatic carbocycles. The molecule has 114 valence electrons. The second-order valence-electron chi connectivity index (χ2n) is 5.34. The topological polar surface area (TPSA) is 75.6 Å². The third-order valence-electron chi connectivity index (χ3n) is 3.83. The molecule has 5 nitrogen and oxygen atoms in total. The maximum Gasteiger partial charge on any atom is 0.306 e. The van der Waals surface area contributed by atoms with Gasteiger partial charge in [0.1, 0.15) is 5.75 Å². The second-order valence-corrected chi connectivity index (χ2v) is 5.34. The third-order valence-corrected chi connectivity index (χ3v) is 3.83. The van der Waals surface area contributed by atoms with Crippen molar-refractivity contribution in [2.45, 2.75) is 32.7 Å². The van der Waals surface area contributed by atoms with E-state index in [1.54, 1.807) is 0 Å². The van der Waals surface area contributed by atoms with Crippen LogP contribution in [0.4, 0.5) is 0 Å². The van der Waals surface area contributed by atoms with Gasteiger partial charge in [-0.15, -0.1) is 0 Å². The Bertz CT molecular complexity index is 515. The first kappa shape index (κ1) is 15.4. The zero-order valence-electron chi connectivity index (χ0n) is 12.2. The lowest BCUT2D eigenvalue weighted by molar-refractivity contribution is -0.141. The molecule has 5 heteroatoms. The fraction of sp³-hybridized carbons (Fsp3) is 0.500. The van der Waals surface area contributed by atoms with Gasteiger partial charge in [0.25, 0.3) is 0 Å². The van der Waals surface area contributed by atoms with Gasteiger partial charge in [0.05, 0.1) is 12.5 Å². The maximum atomic E-state index is 12.1. The number of amides is 1. The zero-order chi connectivity index (χ0) is 15.2. The summed E-state index contributed by atoms with van der Waals surface area (Å²) in [6.45, 7) is 2.97. The highest BCUT2D eigenvalue weighted by molar-refractivity contribution is 5.80. The molecule has 1 aliphatic rings. The first-order chi connectivity index (χ1) is 10.1. The Balaban J connectivity index is 1.84. The molecule has 2 unspecified atom stereocenters. The van der Waals surface area contributed by atoms with Crippen LogP contribution < -0.4 is 10.1 Å². The monoisotopic (exact) mass is 291 g/mol. The van der Waals surface area contributed by atoms with E-state index in [0.717, 1.165) is 11.3 Å². The van der Waals surface area contributed by atoms with Crippen LogP contribution in [-0.4, -0.2) is 23.6 Å². The SMILES string of the molecule is CCOc1cccc(CNC(=O)C2CCC(C(=O)O)C2)c1. The number of carboxylic acids is 1. The highest BCUT2D eigenvalue weighted by atomic mass is 16.5. The number of ether oxygens (including phenoxy) is 1. The Morgan fingerprint density at radius 3 is 2.76 bits per heavy atom. The van der Waals surface area contributed by atoms with Gasteiger partial charge in [-0.25, -0.2) is 0 Å². The zero-order valence-corrected chi connectivity index (χ0v) is 12.2. The Labute approximate surface area is 124 Å². The molecule has 1 amide bonds. The Morgan fingerprint density at radius 2 is 2.10 bits per heavy atom. The molecule has 0 radical (unpaired) electrons. The molecule has 1 fully saturated rings. The lowest BCUT2D eigenvalue weighted by atomic mass is 10.0. The van der Waals surface area contributed by atoms with Crippen molar-refractivity contribution in [3.63, 3.8) is 0 Å². The lowest BCUT2D eigenvalue weighted by Gasteiger charge is -2.11. The van der Waals surface area contributed by atoms with E-state index < -0.39 is 5.97 Å². The Hall–Kier alpha value is -2.04. The van der Waals surface area contributed by atoms with Crippen LogP contribution in [0, 0.1) is 11.8 Å². The number of aliphatic carboxylic acids is 1. The van der Waals surface area contributed by atoms with Gasteiger partial charge in [-0.05, 0) is 43.9 Å². The van der Waals surface area contributed by atoms with Crippen LogP contribution in [0.1, 0.15) is 31.7 Å². The van der Waals surface area contributed by atoms with Crippen LogP contribution in [-0.2, 0) is 16.1 Å². The second kappa shape index (κ2) is 7.11. The van der Waals surface area contributed by atoms with Gasteiger partial charge >= 0.3 is 5.97 Å². The number of carbonyl (C=O) groups excluding carboxylic acids is 1. The van der Waals surface area contributed by atoms with Gasteiger partial charge < -0.3 is 15.2 Å². The quantitative estimate of drug-likeness (QED) is 0.842. The van der Waals surface area contributed by atoms with Crippen molar-refractivity contribution in [3.8, 4) is 5.75 Å². The molecule has 1 aromatic rings. The predicted molar refractivity (Wildman–Crippen MR) is 77.9 cm³/mol. The van der Waals surface area contributed by atoms with Gasteiger partial charge in [0, 0.05) is 12.5 Å². The van der Waals surface area contributed by atoms with Crippen LogP contribution in [0.15, 0.2) is 24.3 Å². The van der Waals surface area contributed by atoms with Gasteiger partial charge in [-0.3, -0.25) is 9.59 Å². The molecular weight excluding hydrogens is 270 g/mol. The first-order valence-electron chi connectivity index (χ1n) is 7.32. The third kappa shape index (κ3) is 4.21. The van der Waals surface area contributed by atoms with Crippen LogP contribution in [0.5, 0.6) is 5.75 Å². The van der Waals surface area contributed by atoms with E-state index in [4.69, 9.17) is 9.84 Å².